The van der Waals surface area contributed by atoms with Crippen molar-refractivity contribution in [1.29, 1.82) is 0 Å². The summed E-state index contributed by atoms with van der Waals surface area (Å²) in [5, 5.41) is 4.24. The summed E-state index contributed by atoms with van der Waals surface area (Å²) in [7, 11) is 5.68. The van der Waals surface area contributed by atoms with Gasteiger partial charge in [0.25, 0.3) is 0 Å². The van der Waals surface area contributed by atoms with E-state index in [1.807, 2.05) is 43.1 Å². The quantitative estimate of drug-likeness (QED) is 0.586. The van der Waals surface area contributed by atoms with Crippen LogP contribution in [0.25, 0.3) is 11.1 Å². The predicted octanol–water partition coefficient (Wildman–Crippen LogP) is 4.34. The van der Waals surface area contributed by atoms with Crippen molar-refractivity contribution in [1.82, 2.24) is 24.6 Å². The molecule has 1 aromatic carbocycles. The molecule has 0 bridgehead atoms. The molecule has 3 heterocycles. The third kappa shape index (κ3) is 4.93. The van der Waals surface area contributed by atoms with Crippen LogP contribution in [0, 0.1) is 0 Å². The summed E-state index contributed by atoms with van der Waals surface area (Å²) in [4.78, 5) is 13.5. The zero-order valence-corrected chi connectivity index (χ0v) is 18.5. The molecule has 0 unspecified atom stereocenters. The lowest BCUT2D eigenvalue weighted by atomic mass is 9.88. The number of benzene rings is 1. The molecule has 170 valence electrons. The molecule has 0 N–H and O–H groups in total. The van der Waals surface area contributed by atoms with E-state index in [-0.39, 0.29) is 5.92 Å². The molecule has 2 aromatic heterocycles. The van der Waals surface area contributed by atoms with Gasteiger partial charge in [0.15, 0.2) is 0 Å². The largest absolute Gasteiger partial charge is 0.416 e. The monoisotopic (exact) mass is 444 g/mol. The lowest BCUT2D eigenvalue weighted by molar-refractivity contribution is -0.137. The number of aryl methyl sites for hydroxylation is 1. The van der Waals surface area contributed by atoms with Gasteiger partial charge in [-0.2, -0.15) is 18.3 Å². The summed E-state index contributed by atoms with van der Waals surface area (Å²) in [6.45, 7) is 2.71. The van der Waals surface area contributed by atoms with E-state index in [2.05, 4.69) is 15.0 Å². The number of halogens is 3. The topological polar surface area (TPSA) is 50.1 Å². The van der Waals surface area contributed by atoms with Gasteiger partial charge in [-0.3, -0.25) is 9.58 Å². The molecule has 0 atom stereocenters. The standard InChI is InChI=1S/C23H27F3N6/c1-30(2)22-27-13-20(17-4-6-19(7-5-17)23(24,25)26)21(29-22)18-8-10-32(11-9-18)15-16-12-28-31(3)14-16/h4-7,12-14,18H,8-11,15H2,1-3H3. The Morgan fingerprint density at radius 1 is 1.06 bits per heavy atom. The lowest BCUT2D eigenvalue weighted by Gasteiger charge is -2.32. The molecule has 6 nitrogen and oxygen atoms in total. The first-order valence-electron chi connectivity index (χ1n) is 10.6. The lowest BCUT2D eigenvalue weighted by Crippen LogP contribution is -2.33. The molecule has 0 spiro atoms. The fraction of sp³-hybridized carbons (Fsp3) is 0.435. The third-order valence-corrected chi connectivity index (χ3v) is 5.87. The number of piperidine rings is 1. The molecule has 3 aromatic rings. The van der Waals surface area contributed by atoms with E-state index < -0.39 is 11.7 Å². The molecule has 32 heavy (non-hydrogen) atoms. The van der Waals surface area contributed by atoms with Crippen LogP contribution >= 0.6 is 0 Å². The van der Waals surface area contributed by atoms with Crippen LogP contribution in [-0.2, 0) is 19.8 Å². The van der Waals surface area contributed by atoms with E-state index in [1.165, 1.54) is 17.7 Å². The van der Waals surface area contributed by atoms with Gasteiger partial charge in [0.1, 0.15) is 0 Å². The first kappa shape index (κ1) is 22.3. The van der Waals surface area contributed by atoms with Gasteiger partial charge >= 0.3 is 6.18 Å². The van der Waals surface area contributed by atoms with Gasteiger partial charge in [-0.1, -0.05) is 12.1 Å². The van der Waals surface area contributed by atoms with Crippen LogP contribution in [0.2, 0.25) is 0 Å². The number of likely N-dealkylation sites (tertiary alicyclic amines) is 1. The smallest absolute Gasteiger partial charge is 0.347 e. The zero-order valence-electron chi connectivity index (χ0n) is 18.5. The average Bonchev–Trinajstić information content (AvgIpc) is 3.18. The summed E-state index contributed by atoms with van der Waals surface area (Å²) in [5.74, 6) is 0.826. The van der Waals surface area contributed by atoms with Gasteiger partial charge in [-0.25, -0.2) is 9.97 Å². The molecule has 1 saturated heterocycles. The molecule has 0 aliphatic carbocycles. The number of aromatic nitrogens is 4. The van der Waals surface area contributed by atoms with Gasteiger partial charge < -0.3 is 4.90 Å². The number of alkyl halides is 3. The molecule has 0 saturated carbocycles. The number of anilines is 1. The highest BCUT2D eigenvalue weighted by Crippen LogP contribution is 2.36. The molecule has 0 radical (unpaired) electrons. The van der Waals surface area contributed by atoms with Crippen LogP contribution in [0.15, 0.2) is 42.9 Å². The number of rotatable bonds is 5. The first-order valence-corrected chi connectivity index (χ1v) is 10.6. The third-order valence-electron chi connectivity index (χ3n) is 5.87. The second kappa shape index (κ2) is 8.90. The normalized spacial score (nSPS) is 15.8. The van der Waals surface area contributed by atoms with Crippen molar-refractivity contribution in [3.8, 4) is 11.1 Å². The van der Waals surface area contributed by atoms with E-state index in [9.17, 15) is 13.2 Å². The fourth-order valence-electron chi connectivity index (χ4n) is 4.15. The van der Waals surface area contributed by atoms with Crippen molar-refractivity contribution in [2.24, 2.45) is 7.05 Å². The Kier molecular flexibility index (Phi) is 6.19. The Hall–Kier alpha value is -2.94. The Morgan fingerprint density at radius 2 is 1.75 bits per heavy atom. The molecule has 4 rings (SSSR count). The van der Waals surface area contributed by atoms with Crippen molar-refractivity contribution < 1.29 is 13.2 Å². The highest BCUT2D eigenvalue weighted by molar-refractivity contribution is 5.67. The molecular weight excluding hydrogens is 417 g/mol. The van der Waals surface area contributed by atoms with Gasteiger partial charge in [-0.15, -0.1) is 0 Å². The maximum absolute atomic E-state index is 13.0. The van der Waals surface area contributed by atoms with Crippen LogP contribution in [0.4, 0.5) is 19.1 Å². The molecule has 9 heteroatoms. The van der Waals surface area contributed by atoms with Gasteiger partial charge in [-0.05, 0) is 43.6 Å². The van der Waals surface area contributed by atoms with E-state index in [0.29, 0.717) is 11.5 Å². The van der Waals surface area contributed by atoms with Gasteiger partial charge in [0, 0.05) is 57.1 Å². The van der Waals surface area contributed by atoms with Crippen molar-refractivity contribution in [3.63, 3.8) is 0 Å². The summed E-state index contributed by atoms with van der Waals surface area (Å²) >= 11 is 0. The van der Waals surface area contributed by atoms with Crippen LogP contribution in [0.1, 0.15) is 35.6 Å². The second-order valence-electron chi connectivity index (χ2n) is 8.51. The maximum atomic E-state index is 13.0. The van der Waals surface area contributed by atoms with E-state index in [0.717, 1.165) is 55.9 Å². The summed E-state index contributed by atoms with van der Waals surface area (Å²) in [6.07, 6.45) is 3.16. The molecular formula is C23H27F3N6. The van der Waals surface area contributed by atoms with E-state index in [1.54, 1.807) is 6.20 Å². The van der Waals surface area contributed by atoms with Crippen molar-refractivity contribution >= 4 is 5.95 Å². The van der Waals surface area contributed by atoms with Crippen molar-refractivity contribution in [3.05, 3.63) is 59.7 Å². The number of nitrogens with zero attached hydrogens (tertiary/aromatic N) is 6. The Balaban J connectivity index is 1.56. The van der Waals surface area contributed by atoms with Crippen LogP contribution < -0.4 is 4.90 Å². The zero-order chi connectivity index (χ0) is 22.9. The minimum absolute atomic E-state index is 0.221. The molecule has 1 fully saturated rings. The Bertz CT molecular complexity index is 1050. The van der Waals surface area contributed by atoms with Crippen LogP contribution in [-0.4, -0.2) is 51.8 Å². The SMILES string of the molecule is CN(C)c1ncc(-c2ccc(C(F)(F)F)cc2)c(C2CCN(Cc3cnn(C)c3)CC2)n1. The second-order valence-corrected chi connectivity index (χ2v) is 8.51. The minimum atomic E-state index is -4.35. The Labute approximate surface area is 185 Å². The van der Waals surface area contributed by atoms with E-state index >= 15 is 0 Å². The van der Waals surface area contributed by atoms with Crippen LogP contribution in [0.5, 0.6) is 0 Å². The van der Waals surface area contributed by atoms with Gasteiger partial charge in [0.05, 0.1) is 17.5 Å². The first-order chi connectivity index (χ1) is 15.2. The number of hydrogen-bond donors (Lipinski definition) is 0. The summed E-state index contributed by atoms with van der Waals surface area (Å²) in [6, 6.07) is 5.26. The fourth-order valence-corrected chi connectivity index (χ4v) is 4.15. The molecule has 1 aliphatic heterocycles. The molecule has 0 amide bonds. The summed E-state index contributed by atoms with van der Waals surface area (Å²) in [5.41, 5.74) is 2.95. The van der Waals surface area contributed by atoms with Crippen LogP contribution in [0.3, 0.4) is 0 Å². The molecule has 1 aliphatic rings. The highest BCUT2D eigenvalue weighted by Gasteiger charge is 2.30. The predicted molar refractivity (Wildman–Crippen MR) is 117 cm³/mol. The van der Waals surface area contributed by atoms with E-state index in [4.69, 9.17) is 4.98 Å². The Morgan fingerprint density at radius 3 is 2.31 bits per heavy atom. The van der Waals surface area contributed by atoms with Gasteiger partial charge in [0.2, 0.25) is 5.95 Å². The summed E-state index contributed by atoms with van der Waals surface area (Å²) < 4.78 is 40.8. The van der Waals surface area contributed by atoms with Crippen molar-refractivity contribution in [2.75, 3.05) is 32.1 Å². The maximum Gasteiger partial charge on any atom is 0.416 e. The number of hydrogen-bond acceptors (Lipinski definition) is 5. The highest BCUT2D eigenvalue weighted by atomic mass is 19.4. The minimum Gasteiger partial charge on any atom is -0.347 e. The van der Waals surface area contributed by atoms with Crippen molar-refractivity contribution in [2.45, 2.75) is 31.5 Å². The average molecular weight is 445 g/mol.